The van der Waals surface area contributed by atoms with Gasteiger partial charge in [-0.2, -0.15) is 0 Å². The van der Waals surface area contributed by atoms with E-state index in [-0.39, 0.29) is 10.6 Å². The van der Waals surface area contributed by atoms with E-state index in [0.29, 0.717) is 10.8 Å². The highest BCUT2D eigenvalue weighted by atomic mass is 35.5. The summed E-state index contributed by atoms with van der Waals surface area (Å²) < 4.78 is 28.8. The lowest BCUT2D eigenvalue weighted by molar-refractivity contribution is 0.468. The number of sulfone groups is 1. The SMILES string of the molecule is CS(=O)(=O)c1ccccc1Oc1ccccc1Cl. The zero-order valence-electron chi connectivity index (χ0n) is 9.63. The van der Waals surface area contributed by atoms with Crippen molar-refractivity contribution in [3.63, 3.8) is 0 Å². The lowest BCUT2D eigenvalue weighted by atomic mass is 10.3. The molecule has 0 fully saturated rings. The van der Waals surface area contributed by atoms with Gasteiger partial charge in [0, 0.05) is 6.26 Å². The molecular formula is C13H11ClO3S. The van der Waals surface area contributed by atoms with Crippen LogP contribution < -0.4 is 4.74 Å². The van der Waals surface area contributed by atoms with Gasteiger partial charge in [-0.3, -0.25) is 0 Å². The molecule has 3 nitrogen and oxygen atoms in total. The summed E-state index contributed by atoms with van der Waals surface area (Å²) in [5.41, 5.74) is 0. The second kappa shape index (κ2) is 5.00. The molecule has 2 rings (SSSR count). The summed E-state index contributed by atoms with van der Waals surface area (Å²) in [5.74, 6) is 0.698. The maximum atomic E-state index is 11.6. The molecule has 5 heteroatoms. The third kappa shape index (κ3) is 2.83. The molecule has 0 unspecified atom stereocenters. The molecule has 0 bridgehead atoms. The minimum Gasteiger partial charge on any atom is -0.454 e. The number of para-hydroxylation sites is 2. The summed E-state index contributed by atoms with van der Waals surface area (Å²) in [6.45, 7) is 0. The molecule has 0 spiro atoms. The van der Waals surface area contributed by atoms with Gasteiger partial charge in [0.15, 0.2) is 9.84 Å². The molecule has 0 atom stereocenters. The van der Waals surface area contributed by atoms with E-state index < -0.39 is 9.84 Å². The lowest BCUT2D eigenvalue weighted by Crippen LogP contribution is -2.00. The van der Waals surface area contributed by atoms with Gasteiger partial charge >= 0.3 is 0 Å². The topological polar surface area (TPSA) is 43.4 Å². The Hall–Kier alpha value is -1.52. The Bertz CT molecular complexity index is 665. The Balaban J connectivity index is 2.45. The normalized spacial score (nSPS) is 11.2. The van der Waals surface area contributed by atoms with E-state index in [2.05, 4.69) is 0 Å². The highest BCUT2D eigenvalue weighted by molar-refractivity contribution is 7.90. The first-order valence-electron chi connectivity index (χ1n) is 5.20. The first kappa shape index (κ1) is 12.9. The van der Waals surface area contributed by atoms with Crippen molar-refractivity contribution >= 4 is 21.4 Å². The molecule has 0 saturated heterocycles. The van der Waals surface area contributed by atoms with Crippen LogP contribution in [-0.4, -0.2) is 14.7 Å². The zero-order valence-corrected chi connectivity index (χ0v) is 11.2. The molecule has 0 saturated carbocycles. The summed E-state index contributed by atoms with van der Waals surface area (Å²) in [6.07, 6.45) is 1.14. The average Bonchev–Trinajstić information content (AvgIpc) is 2.31. The summed E-state index contributed by atoms with van der Waals surface area (Å²) in [4.78, 5) is 0.143. The largest absolute Gasteiger partial charge is 0.454 e. The average molecular weight is 283 g/mol. The second-order valence-electron chi connectivity index (χ2n) is 3.75. The monoisotopic (exact) mass is 282 g/mol. The van der Waals surface area contributed by atoms with Crippen LogP contribution in [0.3, 0.4) is 0 Å². The molecule has 2 aromatic rings. The number of halogens is 1. The Morgan fingerprint density at radius 1 is 0.944 bits per heavy atom. The Morgan fingerprint density at radius 2 is 1.50 bits per heavy atom. The quantitative estimate of drug-likeness (QED) is 0.865. The van der Waals surface area contributed by atoms with E-state index in [9.17, 15) is 8.42 Å². The Labute approximate surface area is 111 Å². The van der Waals surface area contributed by atoms with Crippen LogP contribution in [0.2, 0.25) is 5.02 Å². The maximum Gasteiger partial charge on any atom is 0.179 e. The molecule has 0 aromatic heterocycles. The fourth-order valence-corrected chi connectivity index (χ4v) is 2.46. The van der Waals surface area contributed by atoms with Crippen molar-refractivity contribution < 1.29 is 13.2 Å². The van der Waals surface area contributed by atoms with Gasteiger partial charge in [-0.25, -0.2) is 8.42 Å². The molecule has 0 aliphatic rings. The minimum absolute atomic E-state index is 0.143. The van der Waals surface area contributed by atoms with Crippen LogP contribution in [0.15, 0.2) is 53.4 Å². The van der Waals surface area contributed by atoms with Gasteiger partial charge in [0.1, 0.15) is 16.4 Å². The van der Waals surface area contributed by atoms with Gasteiger partial charge in [-0.05, 0) is 24.3 Å². The smallest absolute Gasteiger partial charge is 0.179 e. The second-order valence-corrected chi connectivity index (χ2v) is 6.14. The predicted molar refractivity (Wildman–Crippen MR) is 71.1 cm³/mol. The Kier molecular flexibility index (Phi) is 3.59. The van der Waals surface area contributed by atoms with Crippen molar-refractivity contribution in [3.05, 3.63) is 53.6 Å². The summed E-state index contributed by atoms with van der Waals surface area (Å²) in [7, 11) is -3.33. The predicted octanol–water partition coefficient (Wildman–Crippen LogP) is 3.54. The third-order valence-electron chi connectivity index (χ3n) is 2.31. The summed E-state index contributed by atoms with van der Waals surface area (Å²) in [5, 5.41) is 0.431. The highest BCUT2D eigenvalue weighted by Crippen LogP contribution is 2.32. The van der Waals surface area contributed by atoms with E-state index in [1.807, 2.05) is 0 Å². The molecule has 0 aliphatic carbocycles. The van der Waals surface area contributed by atoms with E-state index in [4.69, 9.17) is 16.3 Å². The van der Waals surface area contributed by atoms with E-state index in [0.717, 1.165) is 6.26 Å². The minimum atomic E-state index is -3.33. The van der Waals surface area contributed by atoms with E-state index in [1.54, 1.807) is 42.5 Å². The molecule has 0 amide bonds. The van der Waals surface area contributed by atoms with Gasteiger partial charge in [0.05, 0.1) is 5.02 Å². The number of ether oxygens (including phenoxy) is 1. The molecule has 0 aliphatic heterocycles. The van der Waals surface area contributed by atoms with Gasteiger partial charge in [-0.1, -0.05) is 35.9 Å². The first-order valence-corrected chi connectivity index (χ1v) is 7.47. The molecule has 0 N–H and O–H groups in total. The lowest BCUT2D eigenvalue weighted by Gasteiger charge is -2.10. The zero-order chi connectivity index (χ0) is 13.2. The van der Waals surface area contributed by atoms with E-state index >= 15 is 0 Å². The molecule has 94 valence electrons. The van der Waals surface area contributed by atoms with Crippen molar-refractivity contribution in [2.45, 2.75) is 4.90 Å². The van der Waals surface area contributed by atoms with Gasteiger partial charge in [0.2, 0.25) is 0 Å². The summed E-state index contributed by atoms with van der Waals surface area (Å²) >= 11 is 5.97. The molecule has 18 heavy (non-hydrogen) atoms. The third-order valence-corrected chi connectivity index (χ3v) is 3.75. The molecule has 0 radical (unpaired) electrons. The molecule has 2 aromatic carbocycles. The van der Waals surface area contributed by atoms with Crippen LogP contribution in [0.1, 0.15) is 0 Å². The van der Waals surface area contributed by atoms with Crippen LogP contribution >= 0.6 is 11.6 Å². The van der Waals surface area contributed by atoms with Gasteiger partial charge < -0.3 is 4.74 Å². The fraction of sp³-hybridized carbons (Fsp3) is 0.0769. The maximum absolute atomic E-state index is 11.6. The van der Waals surface area contributed by atoms with Crippen molar-refractivity contribution in [1.82, 2.24) is 0 Å². The van der Waals surface area contributed by atoms with E-state index in [1.165, 1.54) is 6.07 Å². The highest BCUT2D eigenvalue weighted by Gasteiger charge is 2.14. The summed E-state index contributed by atoms with van der Waals surface area (Å²) in [6, 6.07) is 13.4. The standard InChI is InChI=1S/C13H11ClO3S/c1-18(15,16)13-9-5-4-8-12(13)17-11-7-3-2-6-10(11)14/h2-9H,1H3. The molecular weight excluding hydrogens is 272 g/mol. The van der Waals surface area contributed by atoms with Crippen LogP contribution in [0.5, 0.6) is 11.5 Å². The first-order chi connectivity index (χ1) is 8.48. The van der Waals surface area contributed by atoms with Crippen molar-refractivity contribution in [2.24, 2.45) is 0 Å². The van der Waals surface area contributed by atoms with Crippen molar-refractivity contribution in [2.75, 3.05) is 6.26 Å². The number of hydrogen-bond acceptors (Lipinski definition) is 3. The number of benzene rings is 2. The number of rotatable bonds is 3. The fourth-order valence-electron chi connectivity index (χ4n) is 1.49. The van der Waals surface area contributed by atoms with Gasteiger partial charge in [-0.15, -0.1) is 0 Å². The van der Waals surface area contributed by atoms with Crippen LogP contribution in [-0.2, 0) is 9.84 Å². The van der Waals surface area contributed by atoms with Crippen LogP contribution in [0, 0.1) is 0 Å². The van der Waals surface area contributed by atoms with Gasteiger partial charge in [0.25, 0.3) is 0 Å². The van der Waals surface area contributed by atoms with Crippen LogP contribution in [0.25, 0.3) is 0 Å². The van der Waals surface area contributed by atoms with Crippen molar-refractivity contribution in [3.8, 4) is 11.5 Å². The molecule has 0 heterocycles. The Morgan fingerprint density at radius 3 is 2.11 bits per heavy atom. The van der Waals surface area contributed by atoms with Crippen LogP contribution in [0.4, 0.5) is 0 Å². The number of hydrogen-bond donors (Lipinski definition) is 0. The van der Waals surface area contributed by atoms with Crippen molar-refractivity contribution in [1.29, 1.82) is 0 Å².